The SMILES string of the molecule is O=C(NC(Cc1ccccc1)C(=O)O)c1cc([N+](=O)[O-])c[nH]1. The quantitative estimate of drug-likeness (QED) is 0.548. The van der Waals surface area contributed by atoms with Crippen LogP contribution in [0.2, 0.25) is 0 Å². The number of nitrogens with zero attached hydrogens (tertiary/aromatic N) is 1. The van der Waals surface area contributed by atoms with Gasteiger partial charge in [0.2, 0.25) is 0 Å². The fourth-order valence-corrected chi connectivity index (χ4v) is 1.91. The van der Waals surface area contributed by atoms with Gasteiger partial charge in [-0.25, -0.2) is 4.79 Å². The fourth-order valence-electron chi connectivity index (χ4n) is 1.91. The first-order valence-electron chi connectivity index (χ1n) is 6.38. The molecule has 22 heavy (non-hydrogen) atoms. The molecule has 0 aliphatic rings. The number of H-pyrrole nitrogens is 1. The van der Waals surface area contributed by atoms with Crippen molar-refractivity contribution in [3.05, 3.63) is 64.0 Å². The molecule has 0 saturated carbocycles. The first-order valence-corrected chi connectivity index (χ1v) is 6.38. The summed E-state index contributed by atoms with van der Waals surface area (Å²) in [4.78, 5) is 35.6. The molecule has 1 aromatic carbocycles. The lowest BCUT2D eigenvalue weighted by Crippen LogP contribution is -2.42. The van der Waals surface area contributed by atoms with Crippen LogP contribution in [0.25, 0.3) is 0 Å². The number of aliphatic carboxylic acids is 1. The number of hydrogen-bond acceptors (Lipinski definition) is 4. The van der Waals surface area contributed by atoms with Gasteiger partial charge >= 0.3 is 5.97 Å². The standard InChI is InChI=1S/C14H13N3O5/c18-13(11-7-10(8-15-11)17(21)22)16-12(14(19)20)6-9-4-2-1-3-5-9/h1-5,7-8,12,15H,6H2,(H,16,18)(H,19,20). The molecule has 0 aliphatic heterocycles. The zero-order chi connectivity index (χ0) is 16.1. The van der Waals surface area contributed by atoms with Crippen molar-refractivity contribution in [1.82, 2.24) is 10.3 Å². The van der Waals surface area contributed by atoms with Crippen LogP contribution in [0.4, 0.5) is 5.69 Å². The average Bonchev–Trinajstić information content (AvgIpc) is 2.97. The molecular formula is C14H13N3O5. The monoisotopic (exact) mass is 303 g/mol. The molecule has 1 aromatic heterocycles. The lowest BCUT2D eigenvalue weighted by molar-refractivity contribution is -0.384. The summed E-state index contributed by atoms with van der Waals surface area (Å²) in [6.07, 6.45) is 1.19. The summed E-state index contributed by atoms with van der Waals surface area (Å²) in [5, 5.41) is 22.1. The first kappa shape index (κ1) is 15.2. The lowest BCUT2D eigenvalue weighted by atomic mass is 10.1. The predicted molar refractivity (Wildman–Crippen MR) is 76.5 cm³/mol. The van der Waals surface area contributed by atoms with E-state index in [0.29, 0.717) is 0 Å². The second-order valence-electron chi connectivity index (χ2n) is 4.58. The van der Waals surface area contributed by atoms with E-state index < -0.39 is 22.8 Å². The van der Waals surface area contributed by atoms with Crippen LogP contribution in [0.5, 0.6) is 0 Å². The molecule has 0 bridgehead atoms. The highest BCUT2D eigenvalue weighted by Gasteiger charge is 2.23. The van der Waals surface area contributed by atoms with E-state index in [2.05, 4.69) is 10.3 Å². The van der Waals surface area contributed by atoms with Gasteiger partial charge in [-0.15, -0.1) is 0 Å². The van der Waals surface area contributed by atoms with Crippen LogP contribution in [0, 0.1) is 10.1 Å². The summed E-state index contributed by atoms with van der Waals surface area (Å²) in [6.45, 7) is 0. The minimum atomic E-state index is -1.18. The van der Waals surface area contributed by atoms with Gasteiger partial charge in [-0.2, -0.15) is 0 Å². The number of nitrogens with one attached hydrogen (secondary N) is 2. The summed E-state index contributed by atoms with van der Waals surface area (Å²) in [6, 6.07) is 8.77. The maximum absolute atomic E-state index is 12.0. The van der Waals surface area contributed by atoms with E-state index in [-0.39, 0.29) is 17.8 Å². The maximum atomic E-state index is 12.0. The third kappa shape index (κ3) is 3.69. The molecule has 8 nitrogen and oxygen atoms in total. The number of amides is 1. The Bertz CT molecular complexity index is 696. The van der Waals surface area contributed by atoms with Gasteiger partial charge in [-0.3, -0.25) is 14.9 Å². The van der Waals surface area contributed by atoms with E-state index in [1.165, 1.54) is 0 Å². The molecule has 3 N–H and O–H groups in total. The Kier molecular flexibility index (Phi) is 4.52. The Labute approximate surface area is 124 Å². The van der Waals surface area contributed by atoms with Crippen LogP contribution < -0.4 is 5.32 Å². The van der Waals surface area contributed by atoms with Crippen LogP contribution >= 0.6 is 0 Å². The van der Waals surface area contributed by atoms with Crippen LogP contribution in [0.1, 0.15) is 16.1 Å². The zero-order valence-corrected chi connectivity index (χ0v) is 11.4. The molecule has 1 unspecified atom stereocenters. The van der Waals surface area contributed by atoms with Crippen molar-refractivity contribution in [3.8, 4) is 0 Å². The molecule has 2 aromatic rings. The molecule has 1 amide bonds. The third-order valence-electron chi connectivity index (χ3n) is 3.01. The molecule has 0 radical (unpaired) electrons. The topological polar surface area (TPSA) is 125 Å². The lowest BCUT2D eigenvalue weighted by Gasteiger charge is -2.14. The molecule has 1 heterocycles. The van der Waals surface area contributed by atoms with E-state index in [9.17, 15) is 24.8 Å². The largest absolute Gasteiger partial charge is 0.480 e. The molecule has 0 fully saturated rings. The predicted octanol–water partition coefficient (Wildman–Crippen LogP) is 1.35. The minimum absolute atomic E-state index is 0.0639. The summed E-state index contributed by atoms with van der Waals surface area (Å²) in [5.41, 5.74) is 0.429. The molecule has 0 spiro atoms. The van der Waals surface area contributed by atoms with Gasteiger partial charge in [-0.05, 0) is 5.56 Å². The molecule has 0 saturated heterocycles. The summed E-state index contributed by atoms with van der Waals surface area (Å²) in [7, 11) is 0. The van der Waals surface area contributed by atoms with Crippen LogP contribution in [-0.2, 0) is 11.2 Å². The van der Waals surface area contributed by atoms with E-state index in [0.717, 1.165) is 17.8 Å². The molecule has 2 rings (SSSR count). The molecule has 1 atom stereocenters. The molecule has 114 valence electrons. The number of aromatic nitrogens is 1. The highest BCUT2D eigenvalue weighted by molar-refractivity contribution is 5.95. The molecule has 0 aliphatic carbocycles. The highest BCUT2D eigenvalue weighted by Crippen LogP contribution is 2.12. The zero-order valence-electron chi connectivity index (χ0n) is 11.4. The number of nitro groups is 1. The minimum Gasteiger partial charge on any atom is -0.480 e. The molecular weight excluding hydrogens is 290 g/mol. The van der Waals surface area contributed by atoms with E-state index >= 15 is 0 Å². The van der Waals surface area contributed by atoms with Crippen molar-refractivity contribution in [2.75, 3.05) is 0 Å². The van der Waals surface area contributed by atoms with Gasteiger partial charge in [-0.1, -0.05) is 30.3 Å². The molecule has 8 heteroatoms. The van der Waals surface area contributed by atoms with Gasteiger partial charge < -0.3 is 15.4 Å². The van der Waals surface area contributed by atoms with Crippen LogP contribution in [0.3, 0.4) is 0 Å². The van der Waals surface area contributed by atoms with Crippen molar-refractivity contribution < 1.29 is 19.6 Å². The summed E-state index contributed by atoms with van der Waals surface area (Å²) in [5.74, 6) is -1.89. The number of hydrogen-bond donors (Lipinski definition) is 3. The fraction of sp³-hybridized carbons (Fsp3) is 0.143. The Hall–Kier alpha value is -3.16. The van der Waals surface area contributed by atoms with Gasteiger partial charge in [0.1, 0.15) is 11.7 Å². The van der Waals surface area contributed by atoms with Gasteiger partial charge in [0.25, 0.3) is 11.6 Å². The Morgan fingerprint density at radius 3 is 2.55 bits per heavy atom. The Morgan fingerprint density at radius 2 is 2.00 bits per heavy atom. The van der Waals surface area contributed by atoms with Gasteiger partial charge in [0, 0.05) is 12.5 Å². The smallest absolute Gasteiger partial charge is 0.326 e. The van der Waals surface area contributed by atoms with E-state index in [1.54, 1.807) is 30.3 Å². The second-order valence-corrected chi connectivity index (χ2v) is 4.58. The number of rotatable bonds is 6. The van der Waals surface area contributed by atoms with Gasteiger partial charge in [0.15, 0.2) is 0 Å². The van der Waals surface area contributed by atoms with E-state index in [1.807, 2.05) is 0 Å². The van der Waals surface area contributed by atoms with Crippen molar-refractivity contribution in [2.24, 2.45) is 0 Å². The van der Waals surface area contributed by atoms with Crippen molar-refractivity contribution in [2.45, 2.75) is 12.5 Å². The highest BCUT2D eigenvalue weighted by atomic mass is 16.6. The Balaban J connectivity index is 2.08. The number of carboxylic acid groups (broad SMARTS) is 1. The van der Waals surface area contributed by atoms with Gasteiger partial charge in [0.05, 0.1) is 11.1 Å². The normalized spacial score (nSPS) is 11.6. The summed E-state index contributed by atoms with van der Waals surface area (Å²) >= 11 is 0. The number of carboxylic acids is 1. The second kappa shape index (κ2) is 6.53. The van der Waals surface area contributed by atoms with Crippen LogP contribution in [-0.4, -0.2) is 32.9 Å². The van der Waals surface area contributed by atoms with Crippen molar-refractivity contribution >= 4 is 17.6 Å². The number of aromatic amines is 1. The number of carbonyl (C=O) groups is 2. The van der Waals surface area contributed by atoms with Crippen molar-refractivity contribution in [3.63, 3.8) is 0 Å². The average molecular weight is 303 g/mol. The third-order valence-corrected chi connectivity index (χ3v) is 3.01. The number of benzene rings is 1. The first-order chi connectivity index (χ1) is 10.5. The maximum Gasteiger partial charge on any atom is 0.326 e. The van der Waals surface area contributed by atoms with Crippen molar-refractivity contribution in [1.29, 1.82) is 0 Å². The Morgan fingerprint density at radius 1 is 1.32 bits per heavy atom. The summed E-state index contributed by atoms with van der Waals surface area (Å²) < 4.78 is 0. The number of carbonyl (C=O) groups excluding carboxylic acids is 1. The van der Waals surface area contributed by atoms with E-state index in [4.69, 9.17) is 0 Å². The van der Waals surface area contributed by atoms with Crippen LogP contribution in [0.15, 0.2) is 42.6 Å².